The van der Waals surface area contributed by atoms with Crippen molar-refractivity contribution in [3.8, 4) is 62.1 Å². The number of para-hydroxylation sites is 2. The Morgan fingerprint density at radius 3 is 1.55 bits per heavy atom. The molecule has 0 N–H and O–H groups in total. The van der Waals surface area contributed by atoms with Crippen LogP contribution < -0.4 is 0 Å². The smallest absolute Gasteiger partial charge is 0.166 e. The molecule has 12 rings (SSSR count). The van der Waals surface area contributed by atoms with Gasteiger partial charge in [-0.2, -0.15) is 0 Å². The molecule has 0 saturated carbocycles. The van der Waals surface area contributed by atoms with Crippen LogP contribution in [0.15, 0.2) is 211 Å². The predicted molar refractivity (Wildman–Crippen MR) is 246 cm³/mol. The Morgan fingerprint density at radius 1 is 0.333 bits per heavy atom. The first-order chi connectivity index (χ1) is 29.7. The van der Waals surface area contributed by atoms with Gasteiger partial charge in [0, 0.05) is 32.7 Å². The number of furan rings is 1. The van der Waals surface area contributed by atoms with Crippen LogP contribution in [0.3, 0.4) is 0 Å². The van der Waals surface area contributed by atoms with Gasteiger partial charge < -0.3 is 8.98 Å². The average Bonchev–Trinajstić information content (AvgIpc) is 3.86. The molecule has 0 bridgehead atoms. The van der Waals surface area contributed by atoms with Gasteiger partial charge in [-0.05, 0) is 81.6 Å². The van der Waals surface area contributed by atoms with Crippen molar-refractivity contribution in [3.05, 3.63) is 206 Å². The second-order valence-corrected chi connectivity index (χ2v) is 15.2. The van der Waals surface area contributed by atoms with Crippen LogP contribution in [0.25, 0.3) is 117 Å². The van der Waals surface area contributed by atoms with E-state index in [1.54, 1.807) is 0 Å². The largest absolute Gasteiger partial charge is 0.456 e. The third kappa shape index (κ3) is 5.59. The number of hydrogen-bond donors (Lipinski definition) is 0. The third-order valence-electron chi connectivity index (χ3n) is 11.6. The molecule has 3 heterocycles. The van der Waals surface area contributed by atoms with Crippen LogP contribution in [0.1, 0.15) is 0 Å². The summed E-state index contributed by atoms with van der Waals surface area (Å²) in [4.78, 5) is 16.2. The Labute approximate surface area is 345 Å². The van der Waals surface area contributed by atoms with Crippen molar-refractivity contribution >= 4 is 54.5 Å². The fourth-order valence-electron chi connectivity index (χ4n) is 8.82. The van der Waals surface area contributed by atoms with E-state index in [0.717, 1.165) is 77.6 Å². The maximum atomic E-state index is 6.60. The standard InChI is InChI=1S/C55H34N4O/c1-3-15-35(16-4-1)37-21-13-23-41(31-37)53-56-54(42-24-14-22-38(32-42)36-17-5-2-6-18-36)58-55(57-53)52-47(29-30-50-51(52)44-26-10-12-28-49(44)60-50)59-46-27-11-9-25-43(46)45-33-39-19-7-8-20-40(39)34-48(45)59/h1-34H. The summed E-state index contributed by atoms with van der Waals surface area (Å²) in [5.41, 5.74) is 11.8. The zero-order valence-electron chi connectivity index (χ0n) is 32.3. The molecular formula is C55H34N4O. The third-order valence-corrected chi connectivity index (χ3v) is 11.6. The van der Waals surface area contributed by atoms with Crippen molar-refractivity contribution in [2.24, 2.45) is 0 Å². The Hall–Kier alpha value is -8.15. The van der Waals surface area contributed by atoms with E-state index in [-0.39, 0.29) is 0 Å². The van der Waals surface area contributed by atoms with Gasteiger partial charge in [-0.25, -0.2) is 15.0 Å². The molecule has 12 aromatic rings. The van der Waals surface area contributed by atoms with Crippen LogP contribution >= 0.6 is 0 Å². The van der Waals surface area contributed by atoms with E-state index in [9.17, 15) is 0 Å². The highest BCUT2D eigenvalue weighted by molar-refractivity contribution is 6.17. The van der Waals surface area contributed by atoms with Crippen molar-refractivity contribution in [1.82, 2.24) is 19.5 Å². The van der Waals surface area contributed by atoms with Gasteiger partial charge in [0.05, 0.1) is 22.3 Å². The van der Waals surface area contributed by atoms with Crippen LogP contribution in [-0.2, 0) is 0 Å². The maximum Gasteiger partial charge on any atom is 0.166 e. The summed E-state index contributed by atoms with van der Waals surface area (Å²) < 4.78 is 8.98. The van der Waals surface area contributed by atoms with Gasteiger partial charge in [0.25, 0.3) is 0 Å². The van der Waals surface area contributed by atoms with Gasteiger partial charge in [0.1, 0.15) is 11.2 Å². The van der Waals surface area contributed by atoms with E-state index < -0.39 is 0 Å². The van der Waals surface area contributed by atoms with Gasteiger partial charge in [0.15, 0.2) is 17.5 Å². The zero-order chi connectivity index (χ0) is 39.6. The second kappa shape index (κ2) is 13.8. The molecule has 0 spiro atoms. The molecule has 0 atom stereocenters. The van der Waals surface area contributed by atoms with Gasteiger partial charge in [-0.3, -0.25) is 0 Å². The normalized spacial score (nSPS) is 11.7. The van der Waals surface area contributed by atoms with Gasteiger partial charge in [-0.1, -0.05) is 158 Å². The topological polar surface area (TPSA) is 56.7 Å². The van der Waals surface area contributed by atoms with Gasteiger partial charge in [0.2, 0.25) is 0 Å². The minimum absolute atomic E-state index is 0.559. The summed E-state index contributed by atoms with van der Waals surface area (Å²) in [5.74, 6) is 1.73. The molecular weight excluding hydrogens is 733 g/mol. The summed E-state index contributed by atoms with van der Waals surface area (Å²) in [6.45, 7) is 0. The molecule has 5 nitrogen and oxygen atoms in total. The van der Waals surface area contributed by atoms with Crippen molar-refractivity contribution in [1.29, 1.82) is 0 Å². The minimum Gasteiger partial charge on any atom is -0.456 e. The molecule has 0 unspecified atom stereocenters. The van der Waals surface area contributed by atoms with Crippen molar-refractivity contribution in [2.75, 3.05) is 0 Å². The Balaban J connectivity index is 1.19. The highest BCUT2D eigenvalue weighted by Gasteiger charge is 2.25. The van der Waals surface area contributed by atoms with Crippen molar-refractivity contribution in [3.63, 3.8) is 0 Å². The van der Waals surface area contributed by atoms with Crippen molar-refractivity contribution < 1.29 is 4.42 Å². The molecule has 5 heteroatoms. The molecule has 0 aliphatic carbocycles. The Morgan fingerprint density at radius 2 is 0.867 bits per heavy atom. The first-order valence-corrected chi connectivity index (χ1v) is 20.2. The molecule has 60 heavy (non-hydrogen) atoms. The summed E-state index contributed by atoms with van der Waals surface area (Å²) >= 11 is 0. The van der Waals surface area contributed by atoms with Crippen LogP contribution in [-0.4, -0.2) is 19.5 Å². The Kier molecular flexibility index (Phi) is 7.78. The SMILES string of the molecule is c1ccc(-c2cccc(-c3nc(-c4cccc(-c5ccccc5)c4)nc(-c4c(-n5c6ccccc6c6cc7ccccc7cc65)ccc5oc6ccccc6c45)n3)c2)cc1. The average molecular weight is 767 g/mol. The number of benzene rings is 9. The molecule has 0 aliphatic rings. The number of rotatable bonds is 6. The molecule has 0 radical (unpaired) electrons. The first kappa shape index (κ1) is 33.9. The zero-order valence-corrected chi connectivity index (χ0v) is 32.3. The number of fused-ring (bicyclic) bond motifs is 7. The molecule has 0 fully saturated rings. The van der Waals surface area contributed by atoms with Crippen LogP contribution in [0.4, 0.5) is 0 Å². The van der Waals surface area contributed by atoms with E-state index in [4.69, 9.17) is 19.4 Å². The molecule has 0 saturated heterocycles. The van der Waals surface area contributed by atoms with Gasteiger partial charge in [-0.15, -0.1) is 0 Å². The fourth-order valence-corrected chi connectivity index (χ4v) is 8.82. The molecule has 280 valence electrons. The highest BCUT2D eigenvalue weighted by Crippen LogP contribution is 2.44. The summed E-state index contributed by atoms with van der Waals surface area (Å²) in [7, 11) is 0. The quantitative estimate of drug-likeness (QED) is 0.169. The lowest BCUT2D eigenvalue weighted by molar-refractivity contribution is 0.669. The van der Waals surface area contributed by atoms with Crippen LogP contribution in [0, 0.1) is 0 Å². The van der Waals surface area contributed by atoms with E-state index in [2.05, 4.69) is 187 Å². The minimum atomic E-state index is 0.559. The first-order valence-electron chi connectivity index (χ1n) is 20.2. The van der Waals surface area contributed by atoms with Crippen LogP contribution in [0.5, 0.6) is 0 Å². The molecule has 0 aliphatic heterocycles. The number of hydrogen-bond acceptors (Lipinski definition) is 4. The molecule has 0 amide bonds. The Bertz CT molecular complexity index is 3500. The summed E-state index contributed by atoms with van der Waals surface area (Å²) in [6.07, 6.45) is 0. The highest BCUT2D eigenvalue weighted by atomic mass is 16.3. The van der Waals surface area contributed by atoms with Crippen LogP contribution in [0.2, 0.25) is 0 Å². The lowest BCUT2D eigenvalue weighted by atomic mass is 10.0. The molecule has 3 aromatic heterocycles. The molecule has 9 aromatic carbocycles. The second-order valence-electron chi connectivity index (χ2n) is 15.2. The summed E-state index contributed by atoms with van der Waals surface area (Å²) in [6, 6.07) is 72.1. The monoisotopic (exact) mass is 766 g/mol. The fraction of sp³-hybridized carbons (Fsp3) is 0. The van der Waals surface area contributed by atoms with E-state index in [1.807, 2.05) is 24.3 Å². The van der Waals surface area contributed by atoms with Gasteiger partial charge >= 0.3 is 0 Å². The van der Waals surface area contributed by atoms with E-state index >= 15 is 0 Å². The van der Waals surface area contributed by atoms with Crippen molar-refractivity contribution in [2.45, 2.75) is 0 Å². The lowest BCUT2D eigenvalue weighted by Crippen LogP contribution is -2.04. The van der Waals surface area contributed by atoms with E-state index in [1.165, 1.54) is 21.5 Å². The predicted octanol–water partition coefficient (Wildman–Crippen LogP) is 14.4. The van der Waals surface area contributed by atoms with E-state index in [0.29, 0.717) is 17.5 Å². The number of aromatic nitrogens is 4. The lowest BCUT2D eigenvalue weighted by Gasteiger charge is -2.16. The summed E-state index contributed by atoms with van der Waals surface area (Å²) in [5, 5.41) is 6.68. The number of nitrogens with zero attached hydrogens (tertiary/aromatic N) is 4. The maximum absolute atomic E-state index is 6.60.